The Hall–Kier alpha value is -2.38. The largest absolute Gasteiger partial charge is 0.476 e. The van der Waals surface area contributed by atoms with Crippen LogP contribution in [0, 0.1) is 11.8 Å². The van der Waals surface area contributed by atoms with E-state index >= 15 is 0 Å². The summed E-state index contributed by atoms with van der Waals surface area (Å²) < 4.78 is 5.43. The molecule has 0 radical (unpaired) electrons. The van der Waals surface area contributed by atoms with Crippen molar-refractivity contribution < 1.29 is 19.4 Å². The van der Waals surface area contributed by atoms with Crippen molar-refractivity contribution in [3.8, 4) is 0 Å². The van der Waals surface area contributed by atoms with Gasteiger partial charge >= 0.3 is 12.1 Å². The summed E-state index contributed by atoms with van der Waals surface area (Å²) in [6.45, 7) is 8.36. The predicted molar refractivity (Wildman–Crippen MR) is 86.0 cm³/mol. The van der Waals surface area contributed by atoms with Crippen LogP contribution in [0.25, 0.3) is 0 Å². The molecule has 0 unspecified atom stereocenters. The van der Waals surface area contributed by atoms with Crippen LogP contribution in [0.2, 0.25) is 0 Å². The van der Waals surface area contributed by atoms with Crippen LogP contribution in [-0.4, -0.2) is 63.8 Å². The number of aromatic carboxylic acids is 1. The molecule has 24 heavy (non-hydrogen) atoms. The quantitative estimate of drug-likeness (QED) is 0.875. The molecule has 130 valence electrons. The number of ether oxygens (including phenoxy) is 1. The first-order chi connectivity index (χ1) is 11.2. The molecule has 1 aromatic rings. The normalized spacial score (nSPS) is 23.3. The molecule has 0 spiro atoms. The van der Waals surface area contributed by atoms with Crippen molar-refractivity contribution >= 4 is 17.9 Å². The average Bonchev–Trinajstić information content (AvgIpc) is 3.04. The number of rotatable bonds is 2. The summed E-state index contributed by atoms with van der Waals surface area (Å²) in [4.78, 5) is 35.1. The van der Waals surface area contributed by atoms with Crippen molar-refractivity contribution in [3.63, 3.8) is 0 Å². The third kappa shape index (κ3) is 3.42. The smallest absolute Gasteiger partial charge is 0.410 e. The van der Waals surface area contributed by atoms with E-state index < -0.39 is 11.6 Å². The number of amides is 1. The van der Waals surface area contributed by atoms with E-state index in [4.69, 9.17) is 9.84 Å². The average molecular weight is 334 g/mol. The Kier molecular flexibility index (Phi) is 4.06. The molecule has 2 aliphatic heterocycles. The first kappa shape index (κ1) is 16.5. The second-order valence-electron chi connectivity index (χ2n) is 7.38. The van der Waals surface area contributed by atoms with Gasteiger partial charge in [-0.15, -0.1) is 0 Å². The minimum Gasteiger partial charge on any atom is -0.476 e. The summed E-state index contributed by atoms with van der Waals surface area (Å²) >= 11 is 0. The van der Waals surface area contributed by atoms with Crippen LogP contribution in [-0.2, 0) is 4.74 Å². The summed E-state index contributed by atoms with van der Waals surface area (Å²) in [6.07, 6.45) is 2.56. The van der Waals surface area contributed by atoms with E-state index in [2.05, 4.69) is 9.97 Å². The standard InChI is InChI=1S/C16H22N4O4/c1-16(2,3)24-15(23)20-8-10-6-19(7-11(10)9-20)13-5-17-4-12(18-13)14(21)22/h4-5,10-11H,6-9H2,1-3H3,(H,21,22)/t10-,11+. The Labute approximate surface area is 140 Å². The van der Waals surface area contributed by atoms with Crippen molar-refractivity contribution in [2.45, 2.75) is 26.4 Å². The molecule has 3 rings (SSSR count). The molecule has 0 aromatic carbocycles. The highest BCUT2D eigenvalue weighted by molar-refractivity contribution is 5.85. The summed E-state index contributed by atoms with van der Waals surface area (Å²) in [5.41, 5.74) is -0.548. The zero-order valence-electron chi connectivity index (χ0n) is 14.1. The summed E-state index contributed by atoms with van der Waals surface area (Å²) in [6, 6.07) is 0. The second-order valence-corrected chi connectivity index (χ2v) is 7.38. The van der Waals surface area contributed by atoms with Crippen LogP contribution < -0.4 is 4.90 Å². The van der Waals surface area contributed by atoms with Crippen LogP contribution in [0.5, 0.6) is 0 Å². The summed E-state index contributed by atoms with van der Waals surface area (Å²) in [7, 11) is 0. The van der Waals surface area contributed by atoms with Crippen molar-refractivity contribution in [2.24, 2.45) is 11.8 Å². The van der Waals surface area contributed by atoms with E-state index in [1.54, 1.807) is 11.1 Å². The second kappa shape index (κ2) is 5.92. The monoisotopic (exact) mass is 334 g/mol. The molecule has 8 heteroatoms. The van der Waals surface area contributed by atoms with Crippen LogP contribution in [0.4, 0.5) is 10.6 Å². The van der Waals surface area contributed by atoms with Gasteiger partial charge in [-0.05, 0) is 20.8 Å². The van der Waals surface area contributed by atoms with Crippen molar-refractivity contribution in [1.82, 2.24) is 14.9 Å². The van der Waals surface area contributed by atoms with Gasteiger partial charge in [-0.25, -0.2) is 14.6 Å². The van der Waals surface area contributed by atoms with E-state index in [1.165, 1.54) is 6.20 Å². The molecule has 8 nitrogen and oxygen atoms in total. The van der Waals surface area contributed by atoms with E-state index in [-0.39, 0.29) is 11.8 Å². The number of carbonyl (C=O) groups is 2. The first-order valence-electron chi connectivity index (χ1n) is 8.01. The van der Waals surface area contributed by atoms with Gasteiger partial charge in [0.1, 0.15) is 11.4 Å². The van der Waals surface area contributed by atoms with E-state index in [1.807, 2.05) is 25.7 Å². The molecule has 0 bridgehead atoms. The highest BCUT2D eigenvalue weighted by atomic mass is 16.6. The molecule has 1 amide bonds. The van der Waals surface area contributed by atoms with E-state index in [0.717, 1.165) is 13.1 Å². The van der Waals surface area contributed by atoms with Crippen molar-refractivity contribution in [3.05, 3.63) is 18.1 Å². The maximum Gasteiger partial charge on any atom is 0.410 e. The SMILES string of the molecule is CC(C)(C)OC(=O)N1C[C@@H]2CN(c3cncc(C(=O)O)n3)C[C@@H]2C1. The molecule has 1 N–H and O–H groups in total. The fourth-order valence-corrected chi connectivity index (χ4v) is 3.27. The number of hydrogen-bond acceptors (Lipinski definition) is 6. The molecule has 2 saturated heterocycles. The Morgan fingerprint density at radius 1 is 1.17 bits per heavy atom. The Morgan fingerprint density at radius 2 is 1.79 bits per heavy atom. The molecule has 0 aliphatic carbocycles. The Morgan fingerprint density at radius 3 is 2.33 bits per heavy atom. The number of hydrogen-bond donors (Lipinski definition) is 1. The lowest BCUT2D eigenvalue weighted by molar-refractivity contribution is 0.0282. The Bertz CT molecular complexity index is 644. The minimum absolute atomic E-state index is 0.0556. The zero-order chi connectivity index (χ0) is 17.5. The highest BCUT2D eigenvalue weighted by Gasteiger charge is 2.43. The van der Waals surface area contributed by atoms with Gasteiger partial charge in [-0.3, -0.25) is 4.98 Å². The lowest BCUT2D eigenvalue weighted by Crippen LogP contribution is -2.37. The Balaban J connectivity index is 1.62. The number of fused-ring (bicyclic) bond motifs is 1. The topological polar surface area (TPSA) is 95.9 Å². The third-order valence-electron chi connectivity index (χ3n) is 4.30. The zero-order valence-corrected chi connectivity index (χ0v) is 14.1. The van der Waals surface area contributed by atoms with Gasteiger partial charge in [-0.1, -0.05) is 0 Å². The van der Waals surface area contributed by atoms with Gasteiger partial charge in [-0.2, -0.15) is 0 Å². The number of likely N-dealkylation sites (tertiary alicyclic amines) is 1. The van der Waals surface area contributed by atoms with Crippen LogP contribution in [0.3, 0.4) is 0 Å². The highest BCUT2D eigenvalue weighted by Crippen LogP contribution is 2.33. The molecule has 2 atom stereocenters. The lowest BCUT2D eigenvalue weighted by atomic mass is 10.0. The first-order valence-corrected chi connectivity index (χ1v) is 8.01. The molecular weight excluding hydrogens is 312 g/mol. The molecule has 2 fully saturated rings. The predicted octanol–water partition coefficient (Wildman–Crippen LogP) is 1.48. The number of carboxylic acid groups (broad SMARTS) is 1. The molecule has 0 saturated carbocycles. The number of aromatic nitrogens is 2. The molecule has 2 aliphatic rings. The van der Waals surface area contributed by atoms with E-state index in [9.17, 15) is 9.59 Å². The van der Waals surface area contributed by atoms with Gasteiger partial charge in [0.05, 0.1) is 12.4 Å². The molecular formula is C16H22N4O4. The number of anilines is 1. The van der Waals surface area contributed by atoms with Gasteiger partial charge in [0.25, 0.3) is 0 Å². The molecule has 3 heterocycles. The maximum absolute atomic E-state index is 12.2. The molecule has 1 aromatic heterocycles. The fraction of sp³-hybridized carbons (Fsp3) is 0.625. The third-order valence-corrected chi connectivity index (χ3v) is 4.30. The summed E-state index contributed by atoms with van der Waals surface area (Å²) in [5.74, 6) is 0.175. The van der Waals surface area contributed by atoms with Gasteiger partial charge in [0.2, 0.25) is 0 Å². The number of carbonyl (C=O) groups excluding carboxylic acids is 1. The summed E-state index contributed by atoms with van der Waals surface area (Å²) in [5, 5.41) is 9.02. The maximum atomic E-state index is 12.2. The lowest BCUT2D eigenvalue weighted by Gasteiger charge is -2.26. The number of nitrogens with zero attached hydrogens (tertiary/aromatic N) is 4. The van der Waals surface area contributed by atoms with Gasteiger partial charge in [0.15, 0.2) is 5.69 Å². The van der Waals surface area contributed by atoms with Crippen LogP contribution in [0.1, 0.15) is 31.3 Å². The van der Waals surface area contributed by atoms with Crippen LogP contribution in [0.15, 0.2) is 12.4 Å². The van der Waals surface area contributed by atoms with Crippen molar-refractivity contribution in [2.75, 3.05) is 31.1 Å². The van der Waals surface area contributed by atoms with Gasteiger partial charge in [0, 0.05) is 38.0 Å². The fourth-order valence-electron chi connectivity index (χ4n) is 3.27. The minimum atomic E-state index is -1.08. The van der Waals surface area contributed by atoms with Crippen LogP contribution >= 0.6 is 0 Å². The number of carboxylic acids is 1. The van der Waals surface area contributed by atoms with E-state index in [0.29, 0.717) is 30.7 Å². The van der Waals surface area contributed by atoms with Gasteiger partial charge < -0.3 is 19.6 Å². The van der Waals surface area contributed by atoms with Crippen molar-refractivity contribution in [1.29, 1.82) is 0 Å².